The van der Waals surface area contributed by atoms with Crippen LogP contribution in [0, 0.1) is 0 Å². The third-order valence-electron chi connectivity index (χ3n) is 5.64. The molecule has 0 heterocycles. The van der Waals surface area contributed by atoms with Crippen LogP contribution in [0.15, 0.2) is 12.2 Å². The molecule has 0 unspecified atom stereocenters. The Morgan fingerprint density at radius 2 is 0.778 bits per heavy atom. The van der Waals surface area contributed by atoms with Gasteiger partial charge in [0.1, 0.15) is 0 Å². The maximum Gasteiger partial charge on any atom is -0.00187 e. The van der Waals surface area contributed by atoms with E-state index >= 15 is 0 Å². The fourth-order valence-corrected chi connectivity index (χ4v) is 3.68. The summed E-state index contributed by atoms with van der Waals surface area (Å²) in [5.41, 5.74) is 0. The van der Waals surface area contributed by atoms with Crippen LogP contribution in [-0.4, -0.2) is 24.5 Å². The van der Waals surface area contributed by atoms with Crippen molar-refractivity contribution < 1.29 is 0 Å². The van der Waals surface area contributed by atoms with Gasteiger partial charge in [0.15, 0.2) is 0 Å². The summed E-state index contributed by atoms with van der Waals surface area (Å²) in [6.07, 6.45) is 29.9. The van der Waals surface area contributed by atoms with Crippen molar-refractivity contribution >= 4 is 0 Å². The number of rotatable bonds is 22. The van der Waals surface area contributed by atoms with Gasteiger partial charge in [0.2, 0.25) is 0 Å². The second kappa shape index (κ2) is 23.7. The van der Waals surface area contributed by atoms with Crippen molar-refractivity contribution in [2.24, 2.45) is 0 Å². The Kier molecular flexibility index (Phi) is 23.5. The van der Waals surface area contributed by atoms with Crippen molar-refractivity contribution in [1.29, 1.82) is 0 Å². The molecule has 0 atom stereocenters. The first-order valence-electron chi connectivity index (χ1n) is 12.7. The monoisotopic (exact) mass is 379 g/mol. The highest BCUT2D eigenvalue weighted by Gasteiger charge is 2.03. The Morgan fingerprint density at radius 1 is 0.407 bits per heavy atom. The van der Waals surface area contributed by atoms with Crippen molar-refractivity contribution in [2.75, 3.05) is 19.6 Å². The van der Waals surface area contributed by atoms with Crippen LogP contribution >= 0.6 is 0 Å². The predicted molar refractivity (Wildman–Crippen MR) is 126 cm³/mol. The molecule has 27 heavy (non-hydrogen) atoms. The number of hydrogen-bond acceptors (Lipinski definition) is 1. The van der Waals surface area contributed by atoms with Crippen molar-refractivity contribution in [1.82, 2.24) is 4.90 Å². The highest BCUT2D eigenvalue weighted by atomic mass is 15.1. The van der Waals surface area contributed by atoms with Gasteiger partial charge in [0, 0.05) is 0 Å². The minimum atomic E-state index is 1.30. The van der Waals surface area contributed by atoms with Gasteiger partial charge in [-0.2, -0.15) is 0 Å². The summed E-state index contributed by atoms with van der Waals surface area (Å²) in [7, 11) is 0. The van der Waals surface area contributed by atoms with Gasteiger partial charge < -0.3 is 4.90 Å². The van der Waals surface area contributed by atoms with Crippen molar-refractivity contribution in [3.63, 3.8) is 0 Å². The van der Waals surface area contributed by atoms with Crippen LogP contribution in [-0.2, 0) is 0 Å². The molecule has 0 aliphatic carbocycles. The molecule has 0 N–H and O–H groups in total. The van der Waals surface area contributed by atoms with Crippen molar-refractivity contribution in [3.8, 4) is 0 Å². The number of hydrogen-bond donors (Lipinski definition) is 0. The molecular formula is C26H53N. The van der Waals surface area contributed by atoms with Gasteiger partial charge in [-0.15, -0.1) is 0 Å². The quantitative estimate of drug-likeness (QED) is 0.134. The lowest BCUT2D eigenvalue weighted by Crippen LogP contribution is -2.27. The minimum absolute atomic E-state index is 1.30. The molecule has 0 rings (SSSR count). The molecule has 0 aliphatic rings. The van der Waals surface area contributed by atoms with E-state index in [-0.39, 0.29) is 0 Å². The molecule has 162 valence electrons. The van der Waals surface area contributed by atoms with Crippen LogP contribution < -0.4 is 0 Å². The van der Waals surface area contributed by atoms with Crippen LogP contribution in [0.4, 0.5) is 0 Å². The molecule has 0 bridgehead atoms. The summed E-state index contributed by atoms with van der Waals surface area (Å²) < 4.78 is 0. The van der Waals surface area contributed by atoms with Gasteiger partial charge in [-0.1, -0.05) is 104 Å². The third kappa shape index (κ3) is 21.9. The summed E-state index contributed by atoms with van der Waals surface area (Å²) in [4.78, 5) is 2.71. The summed E-state index contributed by atoms with van der Waals surface area (Å²) in [6.45, 7) is 10.9. The van der Waals surface area contributed by atoms with Gasteiger partial charge in [-0.05, 0) is 64.6 Å². The maximum atomic E-state index is 2.71. The van der Waals surface area contributed by atoms with Gasteiger partial charge in [-0.3, -0.25) is 0 Å². The van der Waals surface area contributed by atoms with Crippen molar-refractivity contribution in [3.05, 3.63) is 12.2 Å². The molecule has 0 spiro atoms. The molecule has 0 radical (unpaired) electrons. The third-order valence-corrected chi connectivity index (χ3v) is 5.64. The molecule has 0 aromatic heterocycles. The zero-order valence-electron chi connectivity index (χ0n) is 19.5. The average Bonchev–Trinajstić information content (AvgIpc) is 2.69. The highest BCUT2D eigenvalue weighted by Crippen LogP contribution is 2.10. The average molecular weight is 380 g/mol. The van der Waals surface area contributed by atoms with E-state index in [1.165, 1.54) is 135 Å². The number of allylic oxidation sites excluding steroid dienone is 2. The van der Waals surface area contributed by atoms with E-state index in [2.05, 4.69) is 37.8 Å². The van der Waals surface area contributed by atoms with Crippen LogP contribution in [0.5, 0.6) is 0 Å². The van der Waals surface area contributed by atoms with E-state index in [1.807, 2.05) is 0 Å². The fraction of sp³-hybridized carbons (Fsp3) is 0.923. The first kappa shape index (κ1) is 26.7. The normalized spacial score (nSPS) is 11.9. The summed E-state index contributed by atoms with van der Waals surface area (Å²) in [5, 5.41) is 0. The summed E-state index contributed by atoms with van der Waals surface area (Å²) in [5.74, 6) is 0. The predicted octanol–water partition coefficient (Wildman–Crippen LogP) is 8.93. The smallest absolute Gasteiger partial charge is 0.00187 e. The Labute approximate surface area is 173 Å². The standard InChI is InChI=1S/C26H53N/c1-4-7-10-11-12-13-14-15-16-17-18-19-20-21-22-23-26-27(24-8-5-2)25-9-6-3/h15-16H,4-14,17-26H2,1-3H3. The van der Waals surface area contributed by atoms with Crippen LogP contribution in [0.1, 0.15) is 136 Å². The SMILES string of the molecule is CCCCCCCCC=CCCCCCCCCN(CCCC)CCCC. The molecule has 0 aromatic rings. The van der Waals surface area contributed by atoms with Crippen LogP contribution in [0.25, 0.3) is 0 Å². The second-order valence-corrected chi connectivity index (χ2v) is 8.49. The summed E-state index contributed by atoms with van der Waals surface area (Å²) in [6, 6.07) is 0. The zero-order valence-corrected chi connectivity index (χ0v) is 19.5. The maximum absolute atomic E-state index is 2.71. The minimum Gasteiger partial charge on any atom is -0.303 e. The van der Waals surface area contributed by atoms with Gasteiger partial charge in [0.05, 0.1) is 0 Å². The Morgan fingerprint density at radius 3 is 1.26 bits per heavy atom. The molecule has 0 fully saturated rings. The van der Waals surface area contributed by atoms with E-state index in [0.29, 0.717) is 0 Å². The van der Waals surface area contributed by atoms with Crippen molar-refractivity contribution in [2.45, 2.75) is 136 Å². The van der Waals surface area contributed by atoms with E-state index in [9.17, 15) is 0 Å². The van der Waals surface area contributed by atoms with E-state index < -0.39 is 0 Å². The molecule has 0 aromatic carbocycles. The molecule has 1 nitrogen and oxygen atoms in total. The molecular weight excluding hydrogens is 326 g/mol. The molecule has 0 amide bonds. The van der Waals surface area contributed by atoms with E-state index in [0.717, 1.165) is 0 Å². The largest absolute Gasteiger partial charge is 0.303 e. The zero-order chi connectivity index (χ0) is 19.8. The number of unbranched alkanes of at least 4 members (excludes halogenated alkanes) is 14. The Balaban J connectivity index is 3.34. The van der Waals surface area contributed by atoms with Gasteiger partial charge >= 0.3 is 0 Å². The molecule has 1 heteroatoms. The fourth-order valence-electron chi connectivity index (χ4n) is 3.68. The van der Waals surface area contributed by atoms with Crippen LogP contribution in [0.3, 0.4) is 0 Å². The lowest BCUT2D eigenvalue weighted by Gasteiger charge is -2.21. The van der Waals surface area contributed by atoms with E-state index in [4.69, 9.17) is 0 Å². The Hall–Kier alpha value is -0.300. The molecule has 0 saturated carbocycles. The van der Waals surface area contributed by atoms with E-state index in [1.54, 1.807) is 0 Å². The molecule has 0 aliphatic heterocycles. The van der Waals surface area contributed by atoms with Gasteiger partial charge in [-0.25, -0.2) is 0 Å². The first-order valence-corrected chi connectivity index (χ1v) is 12.7. The summed E-state index contributed by atoms with van der Waals surface area (Å²) >= 11 is 0. The van der Waals surface area contributed by atoms with Gasteiger partial charge in [0.25, 0.3) is 0 Å². The molecule has 0 saturated heterocycles. The Bertz CT molecular complexity index is 276. The van der Waals surface area contributed by atoms with Crippen LogP contribution in [0.2, 0.25) is 0 Å². The highest BCUT2D eigenvalue weighted by molar-refractivity contribution is 4.81. The lowest BCUT2D eigenvalue weighted by molar-refractivity contribution is 0.259. The number of nitrogens with zero attached hydrogens (tertiary/aromatic N) is 1. The topological polar surface area (TPSA) is 3.24 Å². The lowest BCUT2D eigenvalue weighted by atomic mass is 10.1. The first-order chi connectivity index (χ1) is 13.3. The second-order valence-electron chi connectivity index (χ2n) is 8.49.